The van der Waals surface area contributed by atoms with Gasteiger partial charge < -0.3 is 5.32 Å². The molecule has 3 aromatic rings. The molecule has 0 fully saturated rings. The molecule has 0 radical (unpaired) electrons. The first-order valence-corrected chi connectivity index (χ1v) is 7.05. The van der Waals surface area contributed by atoms with Crippen LogP contribution in [-0.2, 0) is 6.54 Å². The van der Waals surface area contributed by atoms with Crippen molar-refractivity contribution in [1.82, 2.24) is 20.3 Å². The number of pyridine rings is 1. The summed E-state index contributed by atoms with van der Waals surface area (Å²) in [4.78, 5) is 25.2. The summed E-state index contributed by atoms with van der Waals surface area (Å²) in [6.07, 6.45) is 3.44. The van der Waals surface area contributed by atoms with Crippen molar-refractivity contribution in [2.75, 3.05) is 0 Å². The molecule has 1 aromatic carbocycles. The van der Waals surface area contributed by atoms with Gasteiger partial charge in [0.05, 0.1) is 22.4 Å². The normalized spacial score (nSPS) is 10.6. The molecule has 0 atom stereocenters. The van der Waals surface area contributed by atoms with E-state index in [0.717, 1.165) is 28.0 Å². The van der Waals surface area contributed by atoms with Crippen molar-refractivity contribution in [2.24, 2.45) is 0 Å². The van der Waals surface area contributed by atoms with Crippen molar-refractivity contribution in [3.8, 4) is 0 Å². The lowest BCUT2D eigenvalue weighted by molar-refractivity contribution is 0.0951. The molecular formula is C17H16N4O. The van der Waals surface area contributed by atoms with Gasteiger partial charge >= 0.3 is 0 Å². The van der Waals surface area contributed by atoms with Gasteiger partial charge in [-0.25, -0.2) is 9.97 Å². The van der Waals surface area contributed by atoms with E-state index in [9.17, 15) is 4.79 Å². The molecular weight excluding hydrogens is 276 g/mol. The van der Waals surface area contributed by atoms with Crippen molar-refractivity contribution >= 4 is 16.9 Å². The van der Waals surface area contributed by atoms with Gasteiger partial charge in [0.15, 0.2) is 0 Å². The van der Waals surface area contributed by atoms with Gasteiger partial charge in [-0.2, -0.15) is 0 Å². The molecule has 110 valence electrons. The number of amides is 1. The molecule has 0 aliphatic heterocycles. The fourth-order valence-electron chi connectivity index (χ4n) is 2.16. The highest BCUT2D eigenvalue weighted by molar-refractivity contribution is 5.97. The van der Waals surface area contributed by atoms with Crippen LogP contribution in [-0.4, -0.2) is 20.9 Å². The fraction of sp³-hybridized carbons (Fsp3) is 0.176. The number of nitrogens with one attached hydrogen (secondary N) is 1. The molecule has 0 saturated heterocycles. The average Bonchev–Trinajstić information content (AvgIpc) is 2.54. The predicted molar refractivity (Wildman–Crippen MR) is 84.4 cm³/mol. The SMILES string of the molecule is Cc1nc2ccc(C(=O)NCc3cccnc3)cc2nc1C. The number of benzene rings is 1. The fourth-order valence-corrected chi connectivity index (χ4v) is 2.16. The van der Waals surface area contributed by atoms with Gasteiger partial charge in [0.25, 0.3) is 5.91 Å². The van der Waals surface area contributed by atoms with Crippen LogP contribution in [0.15, 0.2) is 42.7 Å². The molecule has 0 bridgehead atoms. The highest BCUT2D eigenvalue weighted by Crippen LogP contribution is 2.14. The van der Waals surface area contributed by atoms with Crippen LogP contribution in [0.3, 0.4) is 0 Å². The molecule has 0 aliphatic rings. The lowest BCUT2D eigenvalue weighted by Crippen LogP contribution is -2.22. The molecule has 0 spiro atoms. The quantitative estimate of drug-likeness (QED) is 0.805. The van der Waals surface area contributed by atoms with Crippen molar-refractivity contribution in [2.45, 2.75) is 20.4 Å². The highest BCUT2D eigenvalue weighted by atomic mass is 16.1. The Hall–Kier alpha value is -2.82. The summed E-state index contributed by atoms with van der Waals surface area (Å²) in [6, 6.07) is 9.13. The minimum atomic E-state index is -0.134. The van der Waals surface area contributed by atoms with Gasteiger partial charge in [0.1, 0.15) is 0 Å². The first kappa shape index (κ1) is 14.1. The Balaban J connectivity index is 1.80. The lowest BCUT2D eigenvalue weighted by Gasteiger charge is -2.07. The maximum Gasteiger partial charge on any atom is 0.251 e. The number of rotatable bonds is 3. The summed E-state index contributed by atoms with van der Waals surface area (Å²) in [5, 5.41) is 2.88. The van der Waals surface area contributed by atoms with Gasteiger partial charge in [-0.15, -0.1) is 0 Å². The van der Waals surface area contributed by atoms with Crippen molar-refractivity contribution in [3.63, 3.8) is 0 Å². The van der Waals surface area contributed by atoms with Crippen molar-refractivity contribution in [3.05, 3.63) is 65.2 Å². The van der Waals surface area contributed by atoms with Crippen molar-refractivity contribution < 1.29 is 4.79 Å². The Bertz CT molecular complexity index is 831. The first-order valence-electron chi connectivity index (χ1n) is 7.05. The van der Waals surface area contributed by atoms with Gasteiger partial charge in [0, 0.05) is 24.5 Å². The number of hydrogen-bond acceptors (Lipinski definition) is 4. The highest BCUT2D eigenvalue weighted by Gasteiger charge is 2.08. The second kappa shape index (κ2) is 5.89. The second-order valence-corrected chi connectivity index (χ2v) is 5.14. The first-order chi connectivity index (χ1) is 10.6. The smallest absolute Gasteiger partial charge is 0.251 e. The van der Waals surface area contributed by atoms with E-state index < -0.39 is 0 Å². The van der Waals surface area contributed by atoms with Crippen LogP contribution in [0, 0.1) is 13.8 Å². The van der Waals surface area contributed by atoms with Crippen LogP contribution in [0.25, 0.3) is 11.0 Å². The lowest BCUT2D eigenvalue weighted by atomic mass is 10.1. The van der Waals surface area contributed by atoms with Gasteiger partial charge in [-0.05, 0) is 43.7 Å². The van der Waals surface area contributed by atoms with E-state index in [2.05, 4.69) is 20.3 Å². The van der Waals surface area contributed by atoms with Gasteiger partial charge in [0.2, 0.25) is 0 Å². The van der Waals surface area contributed by atoms with E-state index in [0.29, 0.717) is 12.1 Å². The minimum absolute atomic E-state index is 0.134. The molecule has 5 nitrogen and oxygen atoms in total. The standard InChI is InChI=1S/C17H16N4O/c1-11-12(2)21-16-8-14(5-6-15(16)20-11)17(22)19-10-13-4-3-7-18-9-13/h3-9H,10H2,1-2H3,(H,19,22). The van der Waals surface area contributed by atoms with Crippen molar-refractivity contribution in [1.29, 1.82) is 0 Å². The molecule has 1 amide bonds. The Morgan fingerprint density at radius 3 is 2.59 bits per heavy atom. The molecule has 1 N–H and O–H groups in total. The van der Waals surface area contributed by atoms with E-state index in [1.165, 1.54) is 0 Å². The van der Waals surface area contributed by atoms with E-state index in [1.54, 1.807) is 24.5 Å². The zero-order chi connectivity index (χ0) is 15.5. The third kappa shape index (κ3) is 2.93. The summed E-state index contributed by atoms with van der Waals surface area (Å²) >= 11 is 0. The van der Waals surface area contributed by atoms with Crippen LogP contribution >= 0.6 is 0 Å². The van der Waals surface area contributed by atoms with E-state index in [-0.39, 0.29) is 5.91 Å². The molecule has 3 rings (SSSR count). The maximum atomic E-state index is 12.2. The second-order valence-electron chi connectivity index (χ2n) is 5.14. The van der Waals surface area contributed by atoms with Crippen LogP contribution in [0.4, 0.5) is 0 Å². The van der Waals surface area contributed by atoms with E-state index in [4.69, 9.17) is 0 Å². The molecule has 5 heteroatoms. The van der Waals surface area contributed by atoms with Crippen LogP contribution in [0.1, 0.15) is 27.3 Å². The zero-order valence-electron chi connectivity index (χ0n) is 12.5. The van der Waals surface area contributed by atoms with Crippen LogP contribution < -0.4 is 5.32 Å². The summed E-state index contributed by atoms with van der Waals surface area (Å²) in [6.45, 7) is 4.29. The maximum absolute atomic E-state index is 12.2. The molecule has 0 aliphatic carbocycles. The Labute approximate surface area is 128 Å². The molecule has 0 unspecified atom stereocenters. The number of carbonyl (C=O) groups is 1. The van der Waals surface area contributed by atoms with Gasteiger partial charge in [-0.3, -0.25) is 9.78 Å². The molecule has 2 aromatic heterocycles. The average molecular weight is 292 g/mol. The number of carbonyl (C=O) groups excluding carboxylic acids is 1. The topological polar surface area (TPSA) is 67.8 Å². The monoisotopic (exact) mass is 292 g/mol. The minimum Gasteiger partial charge on any atom is -0.348 e. The number of aryl methyl sites for hydroxylation is 2. The zero-order valence-corrected chi connectivity index (χ0v) is 12.5. The number of fused-ring (bicyclic) bond motifs is 1. The summed E-state index contributed by atoms with van der Waals surface area (Å²) in [7, 11) is 0. The predicted octanol–water partition coefficient (Wildman–Crippen LogP) is 2.57. The molecule has 22 heavy (non-hydrogen) atoms. The third-order valence-electron chi connectivity index (χ3n) is 3.51. The third-order valence-corrected chi connectivity index (χ3v) is 3.51. The van der Waals surface area contributed by atoms with E-state index in [1.807, 2.05) is 32.0 Å². The van der Waals surface area contributed by atoms with Gasteiger partial charge in [-0.1, -0.05) is 6.07 Å². The van der Waals surface area contributed by atoms with E-state index >= 15 is 0 Å². The largest absolute Gasteiger partial charge is 0.348 e. The molecule has 2 heterocycles. The number of aromatic nitrogens is 3. The van der Waals surface area contributed by atoms with Crippen LogP contribution in [0.2, 0.25) is 0 Å². The number of hydrogen-bond donors (Lipinski definition) is 1. The Morgan fingerprint density at radius 2 is 1.86 bits per heavy atom. The Morgan fingerprint density at radius 1 is 1.09 bits per heavy atom. The molecule has 0 saturated carbocycles. The summed E-state index contributed by atoms with van der Waals surface area (Å²) in [5.74, 6) is -0.134. The summed E-state index contributed by atoms with van der Waals surface area (Å²) < 4.78 is 0. The summed E-state index contributed by atoms with van der Waals surface area (Å²) in [5.41, 5.74) is 4.85. The Kier molecular flexibility index (Phi) is 3.78. The number of nitrogens with zero attached hydrogens (tertiary/aromatic N) is 3. The van der Waals surface area contributed by atoms with Crippen LogP contribution in [0.5, 0.6) is 0 Å².